The van der Waals surface area contributed by atoms with Crippen LogP contribution < -0.4 is 15.8 Å². The summed E-state index contributed by atoms with van der Waals surface area (Å²) in [5.74, 6) is 0. The van der Waals surface area contributed by atoms with Gasteiger partial charge in [0.1, 0.15) is 0 Å². The highest BCUT2D eigenvalue weighted by Crippen LogP contribution is 2.06. The number of nitrogens with zero attached hydrogens (tertiary/aromatic N) is 3. The smallest absolute Gasteiger partial charge is 0.268 e. The van der Waals surface area contributed by atoms with Crippen molar-refractivity contribution in [2.75, 3.05) is 25.5 Å². The summed E-state index contributed by atoms with van der Waals surface area (Å²) in [6.45, 7) is 5.77. The maximum Gasteiger partial charge on any atom is 0.268 e. The molecule has 1 heterocycles. The number of anilines is 1. The molecule has 0 aromatic carbocycles. The van der Waals surface area contributed by atoms with E-state index in [0.29, 0.717) is 12.6 Å². The molecule has 0 saturated carbocycles. The third-order valence-electron chi connectivity index (χ3n) is 3.59. The molecule has 0 radical (unpaired) electrons. The van der Waals surface area contributed by atoms with Gasteiger partial charge in [0.05, 0.1) is 11.9 Å². The summed E-state index contributed by atoms with van der Waals surface area (Å²) >= 11 is 0. The average molecular weight is 266 g/mol. The van der Waals surface area contributed by atoms with E-state index in [1.807, 2.05) is 25.9 Å². The van der Waals surface area contributed by atoms with Crippen LogP contribution in [0.4, 0.5) is 5.69 Å². The molecule has 0 aliphatic carbocycles. The van der Waals surface area contributed by atoms with Crippen LogP contribution in [0.2, 0.25) is 0 Å². The Morgan fingerprint density at radius 3 is 2.74 bits per heavy atom. The van der Waals surface area contributed by atoms with E-state index in [2.05, 4.69) is 17.3 Å². The van der Waals surface area contributed by atoms with Crippen LogP contribution in [0.25, 0.3) is 0 Å². The van der Waals surface area contributed by atoms with Crippen molar-refractivity contribution in [1.29, 1.82) is 0 Å². The molecule has 1 N–H and O–H groups in total. The van der Waals surface area contributed by atoms with Crippen molar-refractivity contribution < 1.29 is 0 Å². The summed E-state index contributed by atoms with van der Waals surface area (Å²) in [6.07, 6.45) is 4.91. The van der Waals surface area contributed by atoms with Crippen molar-refractivity contribution in [1.82, 2.24) is 15.1 Å². The van der Waals surface area contributed by atoms with Crippen LogP contribution >= 0.6 is 0 Å². The maximum absolute atomic E-state index is 11.9. The molecule has 1 aromatic rings. The molecule has 0 aliphatic rings. The highest BCUT2D eigenvalue weighted by Gasteiger charge is 2.05. The van der Waals surface area contributed by atoms with Gasteiger partial charge >= 0.3 is 0 Å². The van der Waals surface area contributed by atoms with Crippen LogP contribution in [0, 0.1) is 0 Å². The lowest BCUT2D eigenvalue weighted by Gasteiger charge is -2.17. The van der Waals surface area contributed by atoms with Crippen molar-refractivity contribution in [3.63, 3.8) is 0 Å². The molecule has 0 saturated heterocycles. The summed E-state index contributed by atoms with van der Waals surface area (Å²) in [7, 11) is 3.94. The Labute approximate surface area is 115 Å². The Hall–Kier alpha value is -1.36. The number of aromatic nitrogens is 2. The van der Waals surface area contributed by atoms with E-state index in [1.165, 1.54) is 0 Å². The second-order valence-corrected chi connectivity index (χ2v) is 4.83. The number of aryl methyl sites for hydroxylation is 1. The number of nitrogens with one attached hydrogen (secondary N) is 1. The zero-order valence-corrected chi connectivity index (χ0v) is 12.5. The SMILES string of the molecule is CCC(CCCn1ncc(N(C)CC)cc1=O)NC. The molecular formula is C14H26N4O. The third-order valence-corrected chi connectivity index (χ3v) is 3.59. The van der Waals surface area contributed by atoms with E-state index < -0.39 is 0 Å². The van der Waals surface area contributed by atoms with Gasteiger partial charge in [-0.1, -0.05) is 6.92 Å². The molecule has 0 fully saturated rings. The molecule has 0 spiro atoms. The van der Waals surface area contributed by atoms with Gasteiger partial charge in [-0.25, -0.2) is 4.68 Å². The molecule has 0 aliphatic heterocycles. The molecule has 108 valence electrons. The van der Waals surface area contributed by atoms with Crippen LogP contribution in [0.1, 0.15) is 33.1 Å². The molecule has 19 heavy (non-hydrogen) atoms. The summed E-state index contributed by atoms with van der Waals surface area (Å²) in [6, 6.07) is 2.19. The molecule has 1 unspecified atom stereocenters. The predicted octanol–water partition coefficient (Wildman–Crippen LogP) is 1.48. The molecule has 5 heteroatoms. The highest BCUT2D eigenvalue weighted by molar-refractivity contribution is 5.41. The number of hydrogen-bond donors (Lipinski definition) is 1. The second-order valence-electron chi connectivity index (χ2n) is 4.83. The van der Waals surface area contributed by atoms with E-state index in [-0.39, 0.29) is 5.56 Å². The first-order valence-corrected chi connectivity index (χ1v) is 7.07. The lowest BCUT2D eigenvalue weighted by Crippen LogP contribution is -2.27. The first-order valence-electron chi connectivity index (χ1n) is 7.07. The minimum Gasteiger partial charge on any atom is -0.373 e. The fourth-order valence-electron chi connectivity index (χ4n) is 2.02. The largest absolute Gasteiger partial charge is 0.373 e. The van der Waals surface area contributed by atoms with Crippen molar-refractivity contribution >= 4 is 5.69 Å². The molecule has 0 amide bonds. The number of rotatable bonds is 8. The molecule has 1 rings (SSSR count). The molecular weight excluding hydrogens is 240 g/mol. The Morgan fingerprint density at radius 2 is 2.21 bits per heavy atom. The monoisotopic (exact) mass is 266 g/mol. The van der Waals surface area contributed by atoms with Gasteiger partial charge < -0.3 is 10.2 Å². The second kappa shape index (κ2) is 7.94. The summed E-state index contributed by atoms with van der Waals surface area (Å²) in [5, 5.41) is 7.51. The first-order chi connectivity index (χ1) is 9.12. The zero-order chi connectivity index (χ0) is 14.3. The number of hydrogen-bond acceptors (Lipinski definition) is 4. The summed E-state index contributed by atoms with van der Waals surface area (Å²) in [4.78, 5) is 13.9. The standard InChI is InChI=1S/C14H26N4O/c1-5-12(15-3)8-7-9-18-14(19)10-13(11-16-18)17(4)6-2/h10-12,15H,5-9H2,1-4H3. The van der Waals surface area contributed by atoms with Crippen molar-refractivity contribution in [2.45, 2.75) is 45.7 Å². The normalized spacial score (nSPS) is 12.4. The lowest BCUT2D eigenvalue weighted by molar-refractivity contribution is 0.449. The molecule has 5 nitrogen and oxygen atoms in total. The van der Waals surface area contributed by atoms with Crippen LogP contribution in [0.5, 0.6) is 0 Å². The predicted molar refractivity (Wildman–Crippen MR) is 79.8 cm³/mol. The lowest BCUT2D eigenvalue weighted by atomic mass is 10.1. The van der Waals surface area contributed by atoms with Gasteiger partial charge in [0.2, 0.25) is 0 Å². The van der Waals surface area contributed by atoms with Crippen LogP contribution in [-0.4, -0.2) is 36.5 Å². The van der Waals surface area contributed by atoms with Crippen LogP contribution in [-0.2, 0) is 6.54 Å². The van der Waals surface area contributed by atoms with E-state index in [4.69, 9.17) is 0 Å². The van der Waals surface area contributed by atoms with E-state index >= 15 is 0 Å². The highest BCUT2D eigenvalue weighted by atomic mass is 16.1. The van der Waals surface area contributed by atoms with Gasteiger partial charge in [0, 0.05) is 32.2 Å². The Balaban J connectivity index is 2.58. The topological polar surface area (TPSA) is 50.2 Å². The van der Waals surface area contributed by atoms with Crippen LogP contribution in [0.3, 0.4) is 0 Å². The van der Waals surface area contributed by atoms with Crippen molar-refractivity contribution in [3.05, 3.63) is 22.6 Å². The zero-order valence-electron chi connectivity index (χ0n) is 12.5. The van der Waals surface area contributed by atoms with Crippen molar-refractivity contribution in [3.8, 4) is 0 Å². The van der Waals surface area contributed by atoms with Gasteiger partial charge in [-0.15, -0.1) is 0 Å². The van der Waals surface area contributed by atoms with E-state index in [1.54, 1.807) is 16.9 Å². The fraction of sp³-hybridized carbons (Fsp3) is 0.714. The third kappa shape index (κ3) is 4.67. The van der Waals surface area contributed by atoms with Gasteiger partial charge in [0.25, 0.3) is 5.56 Å². The quantitative estimate of drug-likeness (QED) is 0.774. The summed E-state index contributed by atoms with van der Waals surface area (Å²) < 4.78 is 1.55. The maximum atomic E-state index is 11.9. The minimum atomic E-state index is -0.0182. The Kier molecular flexibility index (Phi) is 6.56. The van der Waals surface area contributed by atoms with Gasteiger partial charge in [-0.3, -0.25) is 4.79 Å². The van der Waals surface area contributed by atoms with Gasteiger partial charge in [-0.05, 0) is 33.2 Å². The Bertz CT molecular complexity index is 426. The molecule has 1 aromatic heterocycles. The summed E-state index contributed by atoms with van der Waals surface area (Å²) in [5.41, 5.74) is 0.862. The van der Waals surface area contributed by atoms with Crippen LogP contribution in [0.15, 0.2) is 17.1 Å². The van der Waals surface area contributed by atoms with Gasteiger partial charge in [-0.2, -0.15) is 5.10 Å². The fourth-order valence-corrected chi connectivity index (χ4v) is 2.02. The van der Waals surface area contributed by atoms with E-state index in [0.717, 1.165) is 31.5 Å². The molecule has 0 bridgehead atoms. The molecule has 1 atom stereocenters. The minimum absolute atomic E-state index is 0.0182. The average Bonchev–Trinajstić information content (AvgIpc) is 2.44. The first kappa shape index (κ1) is 15.7. The van der Waals surface area contributed by atoms with E-state index in [9.17, 15) is 4.79 Å². The van der Waals surface area contributed by atoms with Gasteiger partial charge in [0.15, 0.2) is 0 Å². The van der Waals surface area contributed by atoms with Crippen molar-refractivity contribution in [2.24, 2.45) is 0 Å². The Morgan fingerprint density at radius 1 is 1.47 bits per heavy atom.